The number of epoxide rings is 1. The molecular weight excluding hydrogens is 304 g/mol. The van der Waals surface area contributed by atoms with E-state index in [1.165, 1.54) is 5.57 Å². The quantitative estimate of drug-likeness (QED) is 0.456. The fraction of sp³-hybridized carbons (Fsp3) is 0.750. The zero-order valence-electron chi connectivity index (χ0n) is 14.7. The Kier molecular flexibility index (Phi) is 2.86. The predicted molar refractivity (Wildman–Crippen MR) is 88.1 cm³/mol. The summed E-state index contributed by atoms with van der Waals surface area (Å²) < 4.78 is 11.3. The van der Waals surface area contributed by atoms with Crippen molar-refractivity contribution in [1.82, 2.24) is 0 Å². The largest absolute Gasteiger partial charge is 0.458 e. The predicted octanol–water partition coefficient (Wildman–Crippen LogP) is 2.76. The van der Waals surface area contributed by atoms with Crippen LogP contribution >= 0.6 is 0 Å². The van der Waals surface area contributed by atoms with Crippen LogP contribution in [0.4, 0.5) is 0 Å². The third-order valence-electron chi connectivity index (χ3n) is 7.64. The van der Waals surface area contributed by atoms with Crippen molar-refractivity contribution < 1.29 is 19.4 Å². The lowest BCUT2D eigenvalue weighted by atomic mass is 9.47. The summed E-state index contributed by atoms with van der Waals surface area (Å²) in [5.74, 6) is 0.747. The highest BCUT2D eigenvalue weighted by molar-refractivity contribution is 5.92. The fourth-order valence-corrected chi connectivity index (χ4v) is 6.22. The maximum atomic E-state index is 12.0. The summed E-state index contributed by atoms with van der Waals surface area (Å²) in [4.78, 5) is 12.0. The summed E-state index contributed by atoms with van der Waals surface area (Å²) in [6.45, 7) is 7.07. The molecule has 2 heterocycles. The van der Waals surface area contributed by atoms with Crippen LogP contribution in [0.3, 0.4) is 0 Å². The van der Waals surface area contributed by atoms with E-state index >= 15 is 0 Å². The van der Waals surface area contributed by atoms with Gasteiger partial charge in [-0.1, -0.05) is 26.8 Å². The minimum Gasteiger partial charge on any atom is -0.458 e. The van der Waals surface area contributed by atoms with Gasteiger partial charge in [0.05, 0.1) is 0 Å². The Morgan fingerprint density at radius 2 is 2.12 bits per heavy atom. The third kappa shape index (κ3) is 1.60. The van der Waals surface area contributed by atoms with Gasteiger partial charge in [0.25, 0.3) is 0 Å². The number of rotatable bonds is 1. The topological polar surface area (TPSA) is 59.1 Å². The van der Waals surface area contributed by atoms with Crippen LogP contribution in [0.5, 0.6) is 0 Å². The van der Waals surface area contributed by atoms with Crippen molar-refractivity contribution in [1.29, 1.82) is 0 Å². The van der Waals surface area contributed by atoms with E-state index in [0.717, 1.165) is 36.8 Å². The molecule has 1 saturated heterocycles. The molecule has 0 radical (unpaired) electrons. The van der Waals surface area contributed by atoms with Crippen LogP contribution in [0.25, 0.3) is 0 Å². The van der Waals surface area contributed by atoms with Gasteiger partial charge >= 0.3 is 5.97 Å². The number of hydrogen-bond acceptors (Lipinski definition) is 4. The van der Waals surface area contributed by atoms with E-state index in [4.69, 9.17) is 9.47 Å². The molecule has 1 N–H and O–H groups in total. The van der Waals surface area contributed by atoms with Crippen LogP contribution < -0.4 is 0 Å². The lowest BCUT2D eigenvalue weighted by molar-refractivity contribution is -0.174. The SMILES string of the molecule is CC(C)C1=C[C@@H]2CC[C@H]3C4=C(CC[C@]3(C)[C@@]2(O)[C@H]2O[C@@H]12)C(=O)OC4. The molecule has 0 aromatic heterocycles. The van der Waals surface area contributed by atoms with Gasteiger partial charge in [0.1, 0.15) is 24.4 Å². The molecule has 5 aliphatic rings. The van der Waals surface area contributed by atoms with Gasteiger partial charge in [0.15, 0.2) is 0 Å². The molecule has 6 atom stereocenters. The molecule has 4 nitrogen and oxygen atoms in total. The Morgan fingerprint density at radius 1 is 1.33 bits per heavy atom. The summed E-state index contributed by atoms with van der Waals surface area (Å²) in [5, 5.41) is 11.9. The van der Waals surface area contributed by atoms with E-state index in [9.17, 15) is 9.90 Å². The molecule has 0 unspecified atom stereocenters. The number of carbonyl (C=O) groups is 1. The maximum Gasteiger partial charge on any atom is 0.334 e. The molecule has 0 bridgehead atoms. The van der Waals surface area contributed by atoms with Crippen molar-refractivity contribution >= 4 is 5.97 Å². The summed E-state index contributed by atoms with van der Waals surface area (Å²) >= 11 is 0. The number of cyclic esters (lactones) is 1. The van der Waals surface area contributed by atoms with Crippen LogP contribution in [0.1, 0.15) is 46.5 Å². The van der Waals surface area contributed by atoms with Crippen LogP contribution in [-0.2, 0) is 14.3 Å². The second-order valence-corrected chi connectivity index (χ2v) is 8.86. The highest BCUT2D eigenvalue weighted by Gasteiger charge is 2.71. The number of carbonyl (C=O) groups excluding carboxylic acids is 1. The van der Waals surface area contributed by atoms with Gasteiger partial charge < -0.3 is 14.6 Å². The molecule has 3 aliphatic carbocycles. The number of ether oxygens (including phenoxy) is 2. The minimum atomic E-state index is -0.816. The van der Waals surface area contributed by atoms with E-state index < -0.39 is 5.60 Å². The van der Waals surface area contributed by atoms with E-state index in [-0.39, 0.29) is 35.4 Å². The van der Waals surface area contributed by atoms with Gasteiger partial charge in [-0.3, -0.25) is 0 Å². The number of fused-ring (bicyclic) bond motifs is 6. The molecule has 0 aromatic carbocycles. The standard InChI is InChI=1S/C20H26O4/c1-10(2)13-8-11-4-5-15-14-9-23-18(21)12(14)6-7-19(15,3)20(11,22)17-16(13)24-17/h8,10-11,15-17,22H,4-7,9H2,1-3H3/t11-,15-,16-,17-,19-,20-/m0/s1. The van der Waals surface area contributed by atoms with Gasteiger partial charge in [0.2, 0.25) is 0 Å². The zero-order chi connectivity index (χ0) is 16.9. The van der Waals surface area contributed by atoms with Gasteiger partial charge in [0, 0.05) is 16.9 Å². The molecule has 2 fully saturated rings. The number of aliphatic hydroxyl groups is 1. The molecule has 24 heavy (non-hydrogen) atoms. The van der Waals surface area contributed by atoms with Crippen LogP contribution in [-0.4, -0.2) is 35.5 Å². The molecule has 0 amide bonds. The normalized spacial score (nSPS) is 49.0. The zero-order valence-corrected chi connectivity index (χ0v) is 14.7. The lowest BCUT2D eigenvalue weighted by Gasteiger charge is -2.59. The molecule has 5 rings (SSSR count). The first-order valence-electron chi connectivity index (χ1n) is 9.36. The average Bonchev–Trinajstić information content (AvgIpc) is 3.26. The van der Waals surface area contributed by atoms with Gasteiger partial charge in [-0.2, -0.15) is 0 Å². The second kappa shape index (κ2) is 4.53. The van der Waals surface area contributed by atoms with Gasteiger partial charge in [-0.25, -0.2) is 4.79 Å². The van der Waals surface area contributed by atoms with Crippen molar-refractivity contribution in [3.63, 3.8) is 0 Å². The lowest BCUT2D eigenvalue weighted by Crippen LogP contribution is -2.64. The van der Waals surface area contributed by atoms with Crippen molar-refractivity contribution in [2.75, 3.05) is 6.61 Å². The highest BCUT2D eigenvalue weighted by atomic mass is 16.6. The molecule has 4 heteroatoms. The van der Waals surface area contributed by atoms with E-state index in [1.54, 1.807) is 0 Å². The molecular formula is C20H26O4. The van der Waals surface area contributed by atoms with Gasteiger partial charge in [-0.15, -0.1) is 0 Å². The summed E-state index contributed by atoms with van der Waals surface area (Å²) in [6.07, 6.45) is 5.91. The molecule has 2 aliphatic heterocycles. The molecule has 130 valence electrons. The molecule has 0 aromatic rings. The van der Waals surface area contributed by atoms with E-state index in [2.05, 4.69) is 26.8 Å². The maximum absolute atomic E-state index is 12.0. The van der Waals surface area contributed by atoms with Crippen LogP contribution in [0.15, 0.2) is 22.8 Å². The van der Waals surface area contributed by atoms with Crippen molar-refractivity contribution in [2.45, 2.75) is 64.3 Å². The monoisotopic (exact) mass is 330 g/mol. The Hall–Kier alpha value is -1.13. The minimum absolute atomic E-state index is 0.0714. The first kappa shape index (κ1) is 15.2. The first-order valence-corrected chi connectivity index (χ1v) is 9.36. The smallest absolute Gasteiger partial charge is 0.334 e. The Bertz CT molecular complexity index is 690. The summed E-state index contributed by atoms with van der Waals surface area (Å²) in [6, 6.07) is 0. The van der Waals surface area contributed by atoms with Crippen molar-refractivity contribution in [3.8, 4) is 0 Å². The average molecular weight is 330 g/mol. The van der Waals surface area contributed by atoms with E-state index in [0.29, 0.717) is 12.5 Å². The van der Waals surface area contributed by atoms with E-state index in [1.807, 2.05) is 0 Å². The highest BCUT2D eigenvalue weighted by Crippen LogP contribution is 2.66. The number of hydrogen-bond donors (Lipinski definition) is 1. The van der Waals surface area contributed by atoms with Crippen molar-refractivity contribution in [2.24, 2.45) is 23.2 Å². The number of esters is 1. The molecule has 1 saturated carbocycles. The van der Waals surface area contributed by atoms with Gasteiger partial charge in [-0.05, 0) is 48.7 Å². The Labute approximate surface area is 142 Å². The Balaban J connectivity index is 1.59. The first-order chi connectivity index (χ1) is 11.4. The Morgan fingerprint density at radius 3 is 2.88 bits per heavy atom. The summed E-state index contributed by atoms with van der Waals surface area (Å²) in [5.41, 5.74) is 2.37. The molecule has 0 spiro atoms. The summed E-state index contributed by atoms with van der Waals surface area (Å²) in [7, 11) is 0. The third-order valence-corrected chi connectivity index (χ3v) is 7.64. The van der Waals surface area contributed by atoms with Crippen LogP contribution in [0, 0.1) is 23.2 Å². The van der Waals surface area contributed by atoms with Crippen molar-refractivity contribution in [3.05, 3.63) is 22.8 Å². The second-order valence-electron chi connectivity index (χ2n) is 8.86. The van der Waals surface area contributed by atoms with Crippen LogP contribution in [0.2, 0.25) is 0 Å². The fourth-order valence-electron chi connectivity index (χ4n) is 6.22.